The van der Waals surface area contributed by atoms with Gasteiger partial charge in [-0.1, -0.05) is 36.4 Å². The van der Waals surface area contributed by atoms with Crippen LogP contribution in [0.4, 0.5) is 0 Å². The van der Waals surface area contributed by atoms with Crippen LogP contribution in [0.5, 0.6) is 0 Å². The Balaban J connectivity index is 1.97. The molecule has 5 rings (SSSR count). The minimum atomic E-state index is -2.33. The lowest BCUT2D eigenvalue weighted by molar-refractivity contribution is 0.0742. The predicted molar refractivity (Wildman–Crippen MR) is 92.0 cm³/mol. The highest BCUT2D eigenvalue weighted by molar-refractivity contribution is 8.29. The molecule has 1 amide bonds. The number of amides is 1. The summed E-state index contributed by atoms with van der Waals surface area (Å²) in [4.78, 5) is 27.2. The molecule has 4 nitrogen and oxygen atoms in total. The zero-order valence-electron chi connectivity index (χ0n) is 12.9. The predicted octanol–water partition coefficient (Wildman–Crippen LogP) is 4.15. The summed E-state index contributed by atoms with van der Waals surface area (Å²) in [5.41, 5.74) is 1.17. The molecular weight excluding hydrogens is 322 g/mol. The fourth-order valence-corrected chi connectivity index (χ4v) is 6.83. The first kappa shape index (κ1) is 13.6. The summed E-state index contributed by atoms with van der Waals surface area (Å²) in [5.74, 6) is -0.476. The molecule has 1 spiro atoms. The van der Waals surface area contributed by atoms with E-state index in [-0.39, 0.29) is 11.9 Å². The molecule has 2 aliphatic rings. The summed E-state index contributed by atoms with van der Waals surface area (Å²) in [7, 11) is -0.610. The van der Waals surface area contributed by atoms with Gasteiger partial charge in [-0.15, -0.1) is 0 Å². The molecule has 5 heteroatoms. The van der Waals surface area contributed by atoms with Gasteiger partial charge in [-0.3, -0.25) is 9.10 Å². The maximum absolute atomic E-state index is 12.8. The lowest BCUT2D eigenvalue weighted by Gasteiger charge is -2.43. The minimum Gasteiger partial charge on any atom is -0.383 e. The second-order valence-corrected chi connectivity index (χ2v) is 8.50. The second kappa shape index (κ2) is 4.39. The molecular formula is C19H13NO3S. The smallest absolute Gasteiger partial charge is 0.351 e. The number of carbonyl (C=O) groups excluding carboxylic acids is 2. The monoisotopic (exact) mass is 335 g/mol. The van der Waals surface area contributed by atoms with E-state index in [4.69, 9.17) is 4.18 Å². The highest BCUT2D eigenvalue weighted by Gasteiger charge is 2.51. The molecule has 118 valence electrons. The zero-order valence-corrected chi connectivity index (χ0v) is 13.7. The van der Waals surface area contributed by atoms with Gasteiger partial charge in [-0.25, -0.2) is 4.79 Å². The molecule has 0 fully saturated rings. The third kappa shape index (κ3) is 1.41. The number of benzene rings is 3. The van der Waals surface area contributed by atoms with Crippen molar-refractivity contribution in [3.63, 3.8) is 0 Å². The Morgan fingerprint density at radius 3 is 2.33 bits per heavy atom. The first-order valence-electron chi connectivity index (χ1n) is 7.61. The van der Waals surface area contributed by atoms with E-state index in [9.17, 15) is 9.59 Å². The van der Waals surface area contributed by atoms with Crippen LogP contribution >= 0.6 is 10.5 Å². The highest BCUT2D eigenvalue weighted by Crippen LogP contribution is 2.72. The third-order valence-corrected chi connectivity index (χ3v) is 7.89. The molecule has 1 atom stereocenters. The Kier molecular flexibility index (Phi) is 2.49. The van der Waals surface area contributed by atoms with Gasteiger partial charge in [-0.05, 0) is 29.7 Å². The molecule has 0 aromatic heterocycles. The van der Waals surface area contributed by atoms with E-state index < -0.39 is 10.5 Å². The Bertz CT molecular complexity index is 1060. The summed E-state index contributed by atoms with van der Waals surface area (Å²) >= 11 is 0. The first-order chi connectivity index (χ1) is 11.6. The molecule has 0 saturated heterocycles. The first-order valence-corrected chi connectivity index (χ1v) is 9.12. The number of rotatable bonds is 0. The number of hydrogen-bond donors (Lipinski definition) is 0. The molecule has 0 bridgehead atoms. The van der Waals surface area contributed by atoms with E-state index >= 15 is 0 Å². The van der Waals surface area contributed by atoms with Gasteiger partial charge in [0.25, 0.3) is 5.91 Å². The second-order valence-electron chi connectivity index (χ2n) is 5.86. The average Bonchev–Trinajstić information content (AvgIpc) is 2.83. The molecule has 0 aliphatic carbocycles. The van der Waals surface area contributed by atoms with Crippen molar-refractivity contribution in [3.8, 4) is 0 Å². The molecule has 0 N–H and O–H groups in total. The maximum atomic E-state index is 12.8. The van der Waals surface area contributed by atoms with Gasteiger partial charge in [-0.2, -0.15) is 0 Å². The van der Waals surface area contributed by atoms with E-state index in [0.717, 1.165) is 20.6 Å². The molecule has 0 radical (unpaired) electrons. The third-order valence-electron chi connectivity index (χ3n) is 4.67. The van der Waals surface area contributed by atoms with Crippen LogP contribution in [0.1, 0.15) is 20.7 Å². The molecule has 0 saturated carbocycles. The summed E-state index contributed by atoms with van der Waals surface area (Å²) in [6.07, 6.45) is 0. The Hall–Kier alpha value is -2.79. The van der Waals surface area contributed by atoms with E-state index in [1.165, 1.54) is 0 Å². The molecule has 3 aromatic rings. The quantitative estimate of drug-likeness (QED) is 0.620. The van der Waals surface area contributed by atoms with E-state index in [1.54, 1.807) is 23.5 Å². The van der Waals surface area contributed by atoms with Crippen LogP contribution in [0.25, 0.3) is 10.8 Å². The Morgan fingerprint density at radius 2 is 1.50 bits per heavy atom. The van der Waals surface area contributed by atoms with Crippen molar-refractivity contribution in [1.82, 2.24) is 4.31 Å². The normalized spacial score (nSPS) is 24.0. The Morgan fingerprint density at radius 1 is 0.833 bits per heavy atom. The fraction of sp³-hybridized carbons (Fsp3) is 0.0526. The van der Waals surface area contributed by atoms with Gasteiger partial charge >= 0.3 is 5.97 Å². The number of nitrogens with zero attached hydrogens (tertiary/aromatic N) is 1. The van der Waals surface area contributed by atoms with Crippen LogP contribution in [0.3, 0.4) is 0 Å². The van der Waals surface area contributed by atoms with Crippen LogP contribution in [0.15, 0.2) is 70.5 Å². The molecule has 1 unspecified atom stereocenters. The van der Waals surface area contributed by atoms with E-state index in [1.807, 2.05) is 48.5 Å². The number of carbonyl (C=O) groups is 2. The highest BCUT2D eigenvalue weighted by atomic mass is 32.3. The minimum absolute atomic E-state index is 0.107. The molecule has 2 aliphatic heterocycles. The van der Waals surface area contributed by atoms with Crippen LogP contribution < -0.4 is 0 Å². The van der Waals surface area contributed by atoms with Crippen LogP contribution in [-0.2, 0) is 4.18 Å². The van der Waals surface area contributed by atoms with Crippen molar-refractivity contribution in [2.24, 2.45) is 0 Å². The van der Waals surface area contributed by atoms with Crippen molar-refractivity contribution in [1.29, 1.82) is 0 Å². The van der Waals surface area contributed by atoms with Gasteiger partial charge in [0.1, 0.15) is 0 Å². The van der Waals surface area contributed by atoms with Crippen molar-refractivity contribution in [2.75, 3.05) is 7.05 Å². The maximum Gasteiger partial charge on any atom is 0.351 e. The van der Waals surface area contributed by atoms with Gasteiger partial charge in [0.05, 0.1) is 20.9 Å². The van der Waals surface area contributed by atoms with Crippen LogP contribution in [0.2, 0.25) is 0 Å². The zero-order chi connectivity index (χ0) is 16.5. The summed E-state index contributed by atoms with van der Waals surface area (Å²) < 4.78 is 7.62. The topological polar surface area (TPSA) is 46.6 Å². The Labute approximate surface area is 140 Å². The summed E-state index contributed by atoms with van der Waals surface area (Å²) in [6.45, 7) is 0. The molecule has 24 heavy (non-hydrogen) atoms. The van der Waals surface area contributed by atoms with Crippen molar-refractivity contribution in [3.05, 3.63) is 71.8 Å². The molecule has 2 heterocycles. The summed E-state index contributed by atoms with van der Waals surface area (Å²) in [5, 5.41) is 1.88. The van der Waals surface area contributed by atoms with Crippen molar-refractivity contribution >= 4 is 33.1 Å². The van der Waals surface area contributed by atoms with Crippen LogP contribution in [0, 0.1) is 0 Å². The largest absolute Gasteiger partial charge is 0.383 e. The fourth-order valence-electron chi connectivity index (χ4n) is 3.59. The van der Waals surface area contributed by atoms with E-state index in [2.05, 4.69) is 0 Å². The van der Waals surface area contributed by atoms with Crippen LogP contribution in [-0.4, -0.2) is 23.2 Å². The van der Waals surface area contributed by atoms with E-state index in [0.29, 0.717) is 11.1 Å². The molecule has 3 aromatic carbocycles. The summed E-state index contributed by atoms with van der Waals surface area (Å²) in [6, 6.07) is 18.9. The lowest BCUT2D eigenvalue weighted by Crippen LogP contribution is -2.29. The van der Waals surface area contributed by atoms with Gasteiger partial charge in [0.15, 0.2) is 0 Å². The van der Waals surface area contributed by atoms with Gasteiger partial charge in [0, 0.05) is 22.9 Å². The van der Waals surface area contributed by atoms with Gasteiger partial charge in [0.2, 0.25) is 0 Å². The standard InChI is InChI=1S/C19H13NO3S/c1-20-18(21)13-8-2-3-10-15(13)24(20)16-11-5-7-12-6-4-9-14(17(12)16)19(22)23-24/h2-11H,1H3. The van der Waals surface area contributed by atoms with Crippen molar-refractivity contribution < 1.29 is 13.8 Å². The average molecular weight is 335 g/mol. The number of fused-ring (bicyclic) bond motifs is 3. The SMILES string of the molecule is CN1C(=O)c2ccccc2S12OC(=O)c1cccc3cccc2c13. The lowest BCUT2D eigenvalue weighted by atomic mass is 10.0. The van der Waals surface area contributed by atoms with Crippen molar-refractivity contribution in [2.45, 2.75) is 9.79 Å². The van der Waals surface area contributed by atoms with Gasteiger partial charge < -0.3 is 4.18 Å². The number of hydrogen-bond acceptors (Lipinski definition) is 3.